The number of guanidine groups is 1. The Balaban J connectivity index is 2.49. The highest BCUT2D eigenvalue weighted by Gasteiger charge is 2.16. The van der Waals surface area contributed by atoms with E-state index in [2.05, 4.69) is 9.38 Å². The minimum Gasteiger partial charge on any atom is -0.481 e. The molecule has 0 fully saturated rings. The van der Waals surface area contributed by atoms with Crippen molar-refractivity contribution in [2.75, 3.05) is 17.7 Å². The summed E-state index contributed by atoms with van der Waals surface area (Å²) in [6.45, 7) is 4.50. The summed E-state index contributed by atoms with van der Waals surface area (Å²) in [5.74, 6) is -0.712. The molecular weight excluding hydrogens is 428 g/mol. The second-order valence-corrected chi connectivity index (χ2v) is 9.53. The second-order valence-electron chi connectivity index (χ2n) is 7.88. The number of pyridine rings is 1. The van der Waals surface area contributed by atoms with Crippen LogP contribution in [0.1, 0.15) is 44.2 Å². The summed E-state index contributed by atoms with van der Waals surface area (Å²) >= 11 is 0. The van der Waals surface area contributed by atoms with E-state index in [4.69, 9.17) is 10.8 Å². The Hall–Kier alpha value is -3.20. The quantitative estimate of drug-likeness (QED) is 0.317. The Morgan fingerprint density at radius 3 is 2.56 bits per heavy atom. The minimum absolute atomic E-state index is 0.0910. The molecule has 3 N–H and O–H groups in total. The average molecular weight is 459 g/mol. The Kier molecular flexibility index (Phi) is 8.95. The summed E-state index contributed by atoms with van der Waals surface area (Å²) in [4.78, 5) is 16.7. The molecule has 0 amide bonds. The van der Waals surface area contributed by atoms with Crippen LogP contribution in [0.5, 0.6) is 0 Å². The molecule has 0 aliphatic carbocycles. The van der Waals surface area contributed by atoms with E-state index in [9.17, 15) is 13.2 Å². The normalized spacial score (nSPS) is 12.8. The molecule has 1 aromatic heterocycles. The fourth-order valence-corrected chi connectivity index (χ4v) is 3.62. The van der Waals surface area contributed by atoms with Crippen molar-refractivity contribution in [3.8, 4) is 0 Å². The van der Waals surface area contributed by atoms with Crippen molar-refractivity contribution in [2.45, 2.75) is 33.1 Å². The summed E-state index contributed by atoms with van der Waals surface area (Å²) in [7, 11) is -3.65. The Morgan fingerprint density at radius 1 is 1.25 bits per heavy atom. The molecule has 1 heterocycles. The molecule has 2 rings (SSSR count). The predicted octanol–water partition coefficient (Wildman–Crippen LogP) is 3.50. The molecule has 0 saturated carbocycles. The van der Waals surface area contributed by atoms with Crippen LogP contribution < -0.4 is 10.6 Å². The number of aliphatic carboxylic acids is 1. The van der Waals surface area contributed by atoms with E-state index >= 15 is 0 Å². The van der Waals surface area contributed by atoms with Gasteiger partial charge in [-0.25, -0.2) is 8.42 Å². The molecule has 0 saturated heterocycles. The van der Waals surface area contributed by atoms with Crippen LogP contribution in [0.4, 0.5) is 5.69 Å². The smallest absolute Gasteiger partial charge is 0.303 e. The Bertz CT molecular complexity index is 1080. The van der Waals surface area contributed by atoms with Crippen LogP contribution in [-0.2, 0) is 14.8 Å². The molecule has 9 heteroatoms. The van der Waals surface area contributed by atoms with Crippen LogP contribution in [0.3, 0.4) is 0 Å². The van der Waals surface area contributed by atoms with E-state index in [0.29, 0.717) is 25.1 Å². The number of nitrogens with zero attached hydrogens (tertiary/aromatic N) is 3. The number of nitrogens with two attached hydrogens (primary N) is 1. The standard InChI is InChI=1S/C23H30N4O4S/c1-17(2)16-27(23(24)26-32(3,30)31)20-10-6-8-18(14-20)21(11-4-5-12-22(28)29)19-9-7-13-25-15-19/h6-11,13-15,17H,4-5,12,16H2,1-3H3,(H2,24,26)(H,28,29)/b21-11+. The van der Waals surface area contributed by atoms with Gasteiger partial charge in [-0.1, -0.05) is 38.1 Å². The van der Waals surface area contributed by atoms with Gasteiger partial charge in [0.25, 0.3) is 10.0 Å². The van der Waals surface area contributed by atoms with Crippen LogP contribution in [0, 0.1) is 5.92 Å². The van der Waals surface area contributed by atoms with Gasteiger partial charge in [-0.05, 0) is 48.1 Å². The number of anilines is 1. The number of carbonyl (C=O) groups is 1. The number of rotatable bonds is 10. The molecule has 0 bridgehead atoms. The lowest BCUT2D eigenvalue weighted by atomic mass is 9.97. The molecule has 172 valence electrons. The first kappa shape index (κ1) is 25.1. The SMILES string of the molecule is CC(C)CN(C(N)=NS(C)(=O)=O)c1cccc(/C(=C\CCCC(=O)O)c2cccnc2)c1. The lowest BCUT2D eigenvalue weighted by Crippen LogP contribution is -2.40. The molecule has 0 aliphatic rings. The molecule has 0 atom stereocenters. The van der Waals surface area contributed by atoms with Crippen molar-refractivity contribution in [1.82, 2.24) is 4.98 Å². The zero-order valence-electron chi connectivity index (χ0n) is 18.6. The summed E-state index contributed by atoms with van der Waals surface area (Å²) in [5, 5.41) is 8.91. The van der Waals surface area contributed by atoms with Gasteiger partial charge in [0.15, 0.2) is 0 Å². The van der Waals surface area contributed by atoms with Crippen molar-refractivity contribution in [3.05, 3.63) is 66.0 Å². The topological polar surface area (TPSA) is 126 Å². The highest BCUT2D eigenvalue weighted by Crippen LogP contribution is 2.28. The van der Waals surface area contributed by atoms with Gasteiger partial charge in [-0.2, -0.15) is 0 Å². The van der Waals surface area contributed by atoms with Gasteiger partial charge < -0.3 is 15.7 Å². The van der Waals surface area contributed by atoms with E-state index in [1.165, 1.54) is 0 Å². The zero-order chi connectivity index (χ0) is 23.7. The van der Waals surface area contributed by atoms with Crippen LogP contribution in [0.2, 0.25) is 0 Å². The molecule has 2 aromatic rings. The number of benzene rings is 1. The van der Waals surface area contributed by atoms with E-state index in [1.54, 1.807) is 17.3 Å². The number of hydrogen-bond acceptors (Lipinski definition) is 4. The first-order chi connectivity index (χ1) is 15.1. The largest absolute Gasteiger partial charge is 0.481 e. The van der Waals surface area contributed by atoms with Crippen molar-refractivity contribution >= 4 is 33.2 Å². The zero-order valence-corrected chi connectivity index (χ0v) is 19.4. The lowest BCUT2D eigenvalue weighted by molar-refractivity contribution is -0.137. The summed E-state index contributed by atoms with van der Waals surface area (Å²) in [6, 6.07) is 11.4. The molecule has 32 heavy (non-hydrogen) atoms. The first-order valence-electron chi connectivity index (χ1n) is 10.3. The fourth-order valence-electron chi connectivity index (χ4n) is 3.18. The number of carboxylic acid groups (broad SMARTS) is 1. The number of sulfonamides is 1. The van der Waals surface area contributed by atoms with Gasteiger partial charge >= 0.3 is 5.97 Å². The maximum atomic E-state index is 11.7. The molecule has 0 unspecified atom stereocenters. The van der Waals surface area contributed by atoms with E-state index in [1.807, 2.05) is 56.3 Å². The van der Waals surface area contributed by atoms with Crippen molar-refractivity contribution in [3.63, 3.8) is 0 Å². The van der Waals surface area contributed by atoms with E-state index < -0.39 is 16.0 Å². The summed E-state index contributed by atoms with van der Waals surface area (Å²) < 4.78 is 27.0. The van der Waals surface area contributed by atoms with Gasteiger partial charge in [-0.3, -0.25) is 9.78 Å². The van der Waals surface area contributed by atoms with Gasteiger partial charge in [0.1, 0.15) is 0 Å². The van der Waals surface area contributed by atoms with Crippen molar-refractivity contribution in [1.29, 1.82) is 0 Å². The van der Waals surface area contributed by atoms with Gasteiger partial charge in [0.2, 0.25) is 5.96 Å². The van der Waals surface area contributed by atoms with Crippen LogP contribution in [0.15, 0.2) is 59.3 Å². The fraction of sp³-hybridized carbons (Fsp3) is 0.348. The first-order valence-corrected chi connectivity index (χ1v) is 12.2. The maximum Gasteiger partial charge on any atom is 0.303 e. The third-order valence-corrected chi connectivity index (χ3v) is 4.99. The number of aromatic nitrogens is 1. The molecule has 1 aromatic carbocycles. The maximum absolute atomic E-state index is 11.7. The number of hydrogen-bond donors (Lipinski definition) is 2. The number of unbranched alkanes of at least 4 members (excludes halogenated alkanes) is 1. The van der Waals surface area contributed by atoms with Gasteiger partial charge in [0, 0.05) is 36.6 Å². The second kappa shape index (κ2) is 11.4. The van der Waals surface area contributed by atoms with Crippen molar-refractivity contribution < 1.29 is 18.3 Å². The Labute approximate surface area is 189 Å². The van der Waals surface area contributed by atoms with E-state index in [-0.39, 0.29) is 18.3 Å². The third kappa shape index (κ3) is 8.14. The molecule has 8 nitrogen and oxygen atoms in total. The molecule has 0 radical (unpaired) electrons. The lowest BCUT2D eigenvalue weighted by Gasteiger charge is -2.26. The third-order valence-electron chi connectivity index (χ3n) is 4.47. The van der Waals surface area contributed by atoms with Gasteiger partial charge in [-0.15, -0.1) is 4.40 Å². The summed E-state index contributed by atoms with van der Waals surface area (Å²) in [5.41, 5.74) is 9.46. The predicted molar refractivity (Wildman–Crippen MR) is 128 cm³/mol. The number of carboxylic acids is 1. The average Bonchev–Trinajstić information content (AvgIpc) is 2.71. The van der Waals surface area contributed by atoms with Crippen LogP contribution in [0.25, 0.3) is 5.57 Å². The Morgan fingerprint density at radius 2 is 1.97 bits per heavy atom. The highest BCUT2D eigenvalue weighted by atomic mass is 32.2. The van der Waals surface area contributed by atoms with Crippen LogP contribution >= 0.6 is 0 Å². The monoisotopic (exact) mass is 458 g/mol. The molecule has 0 spiro atoms. The molecule has 0 aliphatic heterocycles. The summed E-state index contributed by atoms with van der Waals surface area (Å²) in [6.07, 6.45) is 7.65. The van der Waals surface area contributed by atoms with E-state index in [0.717, 1.165) is 23.0 Å². The highest BCUT2D eigenvalue weighted by molar-refractivity contribution is 7.89. The molecular formula is C23H30N4O4S. The number of allylic oxidation sites excluding steroid dienone is 1. The van der Waals surface area contributed by atoms with Crippen molar-refractivity contribution in [2.24, 2.45) is 16.0 Å². The van der Waals surface area contributed by atoms with Crippen LogP contribution in [-0.4, -0.2) is 43.2 Å². The minimum atomic E-state index is -3.65. The van der Waals surface area contributed by atoms with Gasteiger partial charge in [0.05, 0.1) is 6.26 Å².